The predicted octanol–water partition coefficient (Wildman–Crippen LogP) is 1.96. The highest BCUT2D eigenvalue weighted by Gasteiger charge is 2.19. The highest BCUT2D eigenvalue weighted by molar-refractivity contribution is 6.05. The fourth-order valence-corrected chi connectivity index (χ4v) is 1.54. The lowest BCUT2D eigenvalue weighted by Crippen LogP contribution is -2.25. The van der Waals surface area contributed by atoms with Gasteiger partial charge in [0.05, 0.1) is 5.56 Å². The molecule has 19 heavy (non-hydrogen) atoms. The number of benzene rings is 1. The number of aromatic carboxylic acids is 1. The number of hydrogen-bond donors (Lipinski definition) is 2. The average molecular weight is 261 g/mol. The van der Waals surface area contributed by atoms with Gasteiger partial charge in [-0.2, -0.15) is 0 Å². The summed E-state index contributed by atoms with van der Waals surface area (Å²) in [6.45, 7) is 0. The van der Waals surface area contributed by atoms with Gasteiger partial charge in [-0.15, -0.1) is 0 Å². The van der Waals surface area contributed by atoms with Crippen LogP contribution in [0.25, 0.3) is 0 Å². The number of phenolic OH excluding ortho intramolecular Hbond substituents is 1. The number of carboxylic acids is 1. The fourth-order valence-electron chi connectivity index (χ4n) is 1.54. The van der Waals surface area contributed by atoms with E-state index in [0.29, 0.717) is 5.69 Å². The van der Waals surface area contributed by atoms with E-state index in [1.807, 2.05) is 0 Å². The summed E-state index contributed by atoms with van der Waals surface area (Å²) in [6, 6.07) is 7.29. The van der Waals surface area contributed by atoms with Crippen LogP contribution in [0.1, 0.15) is 20.9 Å². The molecule has 0 atom stereocenters. The first-order chi connectivity index (χ1) is 8.99. The van der Waals surface area contributed by atoms with Gasteiger partial charge in [-0.3, -0.25) is 4.79 Å². The fraction of sp³-hybridized carbons (Fsp3) is 0.0769. The second-order valence-corrected chi connectivity index (χ2v) is 3.89. The molecule has 0 saturated heterocycles. The van der Waals surface area contributed by atoms with Crippen LogP contribution in [0, 0.1) is 0 Å². The van der Waals surface area contributed by atoms with E-state index < -0.39 is 11.9 Å². The van der Waals surface area contributed by atoms with E-state index in [0.717, 1.165) is 12.3 Å². The zero-order chi connectivity index (χ0) is 14.0. The summed E-state index contributed by atoms with van der Waals surface area (Å²) in [5, 5.41) is 18.1. The number of anilines is 1. The van der Waals surface area contributed by atoms with Crippen LogP contribution in [0.4, 0.5) is 5.69 Å². The van der Waals surface area contributed by atoms with E-state index >= 15 is 0 Å². The quantitative estimate of drug-likeness (QED) is 0.881. The zero-order valence-corrected chi connectivity index (χ0v) is 10.0. The number of rotatable bonds is 3. The van der Waals surface area contributed by atoms with Gasteiger partial charge in [-0.1, -0.05) is 6.07 Å². The van der Waals surface area contributed by atoms with E-state index in [1.54, 1.807) is 12.1 Å². The number of carboxylic acid groups (broad SMARTS) is 1. The largest absolute Gasteiger partial charge is 0.508 e. The van der Waals surface area contributed by atoms with E-state index in [1.165, 1.54) is 24.1 Å². The molecule has 0 bridgehead atoms. The minimum Gasteiger partial charge on any atom is -0.508 e. The zero-order valence-electron chi connectivity index (χ0n) is 10.0. The molecular formula is C13H11NO5. The molecule has 1 aromatic carbocycles. The molecule has 0 fully saturated rings. The molecule has 0 spiro atoms. The lowest BCUT2D eigenvalue weighted by atomic mass is 10.2. The predicted molar refractivity (Wildman–Crippen MR) is 66.5 cm³/mol. The van der Waals surface area contributed by atoms with Gasteiger partial charge in [-0.05, 0) is 12.1 Å². The molecule has 0 saturated carbocycles. The van der Waals surface area contributed by atoms with Gasteiger partial charge >= 0.3 is 5.97 Å². The van der Waals surface area contributed by atoms with Crippen LogP contribution >= 0.6 is 0 Å². The van der Waals surface area contributed by atoms with Crippen LogP contribution in [-0.4, -0.2) is 29.1 Å². The molecule has 0 aliphatic heterocycles. The molecule has 98 valence electrons. The Hall–Kier alpha value is -2.76. The molecule has 6 heteroatoms. The molecule has 0 radical (unpaired) electrons. The standard InChI is InChI=1S/C13H11NO5/c1-14(9-3-2-4-10(15)6-9)12(16)11-5-8(7-19-11)13(17)18/h2-7,15H,1H3,(H,17,18). The molecule has 1 heterocycles. The number of aromatic hydroxyl groups is 1. The minimum atomic E-state index is -1.16. The van der Waals surface area contributed by atoms with Gasteiger partial charge in [0.1, 0.15) is 12.0 Å². The Balaban J connectivity index is 2.25. The number of phenols is 1. The van der Waals surface area contributed by atoms with Crippen LogP contribution in [0.3, 0.4) is 0 Å². The average Bonchev–Trinajstić information content (AvgIpc) is 2.86. The molecule has 0 aliphatic rings. The van der Waals surface area contributed by atoms with Crippen molar-refractivity contribution in [3.63, 3.8) is 0 Å². The number of hydrogen-bond acceptors (Lipinski definition) is 4. The first-order valence-electron chi connectivity index (χ1n) is 5.38. The van der Waals surface area contributed by atoms with Gasteiger partial charge in [0.25, 0.3) is 5.91 Å². The van der Waals surface area contributed by atoms with E-state index in [9.17, 15) is 14.7 Å². The van der Waals surface area contributed by atoms with Crippen molar-refractivity contribution in [1.29, 1.82) is 0 Å². The summed E-state index contributed by atoms with van der Waals surface area (Å²) in [4.78, 5) is 24.0. The van der Waals surface area contributed by atoms with Crippen LogP contribution in [0.2, 0.25) is 0 Å². The number of furan rings is 1. The summed E-state index contributed by atoms with van der Waals surface area (Å²) >= 11 is 0. The van der Waals surface area contributed by atoms with Gasteiger partial charge in [0.2, 0.25) is 0 Å². The maximum Gasteiger partial charge on any atom is 0.338 e. The van der Waals surface area contributed by atoms with Gasteiger partial charge in [0.15, 0.2) is 5.76 Å². The van der Waals surface area contributed by atoms with Crippen molar-refractivity contribution in [1.82, 2.24) is 0 Å². The van der Waals surface area contributed by atoms with Crippen LogP contribution in [-0.2, 0) is 0 Å². The summed E-state index contributed by atoms with van der Waals surface area (Å²) in [5.41, 5.74) is 0.380. The summed E-state index contributed by atoms with van der Waals surface area (Å²) in [5.74, 6) is -1.72. The van der Waals surface area contributed by atoms with E-state index in [-0.39, 0.29) is 17.1 Å². The van der Waals surface area contributed by atoms with E-state index in [2.05, 4.69) is 0 Å². The Morgan fingerprint density at radius 2 is 2.00 bits per heavy atom. The molecule has 0 unspecified atom stereocenters. The Morgan fingerprint density at radius 3 is 2.58 bits per heavy atom. The highest BCUT2D eigenvalue weighted by Crippen LogP contribution is 2.21. The SMILES string of the molecule is CN(C(=O)c1cc(C(=O)O)co1)c1cccc(O)c1. The molecule has 6 nitrogen and oxygen atoms in total. The number of carbonyl (C=O) groups excluding carboxylic acids is 1. The topological polar surface area (TPSA) is 91.0 Å². The number of nitrogens with zero attached hydrogens (tertiary/aromatic N) is 1. The van der Waals surface area contributed by atoms with Crippen molar-refractivity contribution >= 4 is 17.6 Å². The molecule has 2 N–H and O–H groups in total. The molecule has 2 aromatic rings. The molecule has 1 aromatic heterocycles. The van der Waals surface area contributed by atoms with E-state index in [4.69, 9.17) is 9.52 Å². The second-order valence-electron chi connectivity index (χ2n) is 3.89. The maximum absolute atomic E-state index is 12.0. The minimum absolute atomic E-state index is 0.0304. The third kappa shape index (κ3) is 2.57. The number of amides is 1. The molecular weight excluding hydrogens is 250 g/mol. The Bertz CT molecular complexity index is 631. The van der Waals surface area contributed by atoms with Gasteiger partial charge < -0.3 is 19.5 Å². The van der Waals surface area contributed by atoms with Crippen molar-refractivity contribution in [2.75, 3.05) is 11.9 Å². The summed E-state index contributed by atoms with van der Waals surface area (Å²) < 4.78 is 4.93. The lowest BCUT2D eigenvalue weighted by molar-refractivity contribution is 0.0696. The maximum atomic E-state index is 12.0. The smallest absolute Gasteiger partial charge is 0.338 e. The molecule has 0 aliphatic carbocycles. The second kappa shape index (κ2) is 4.85. The van der Waals surface area contributed by atoms with Crippen LogP contribution < -0.4 is 4.90 Å². The van der Waals surface area contributed by atoms with Crippen molar-refractivity contribution in [3.05, 3.63) is 47.9 Å². The van der Waals surface area contributed by atoms with Crippen molar-refractivity contribution in [3.8, 4) is 5.75 Å². The third-order valence-electron chi connectivity index (χ3n) is 2.58. The van der Waals surface area contributed by atoms with Crippen LogP contribution in [0.15, 0.2) is 41.0 Å². The third-order valence-corrected chi connectivity index (χ3v) is 2.58. The van der Waals surface area contributed by atoms with Gasteiger partial charge in [-0.25, -0.2) is 4.79 Å². The Morgan fingerprint density at radius 1 is 1.26 bits per heavy atom. The first-order valence-corrected chi connectivity index (χ1v) is 5.38. The monoisotopic (exact) mass is 261 g/mol. The lowest BCUT2D eigenvalue weighted by Gasteiger charge is -2.15. The Kier molecular flexibility index (Phi) is 3.24. The molecule has 1 amide bonds. The molecule has 2 rings (SSSR count). The van der Waals surface area contributed by atoms with Crippen LogP contribution in [0.5, 0.6) is 5.75 Å². The summed E-state index contributed by atoms with van der Waals surface area (Å²) in [7, 11) is 1.50. The number of carbonyl (C=O) groups is 2. The normalized spacial score (nSPS) is 10.2. The highest BCUT2D eigenvalue weighted by atomic mass is 16.4. The first kappa shape index (κ1) is 12.7. The summed E-state index contributed by atoms with van der Waals surface area (Å²) in [6.07, 6.45) is 1.01. The van der Waals surface area contributed by atoms with Crippen molar-refractivity contribution < 1.29 is 24.2 Å². The van der Waals surface area contributed by atoms with Gasteiger partial charge in [0, 0.05) is 24.9 Å². The Labute approximate surface area is 108 Å². The van der Waals surface area contributed by atoms with Crippen molar-refractivity contribution in [2.45, 2.75) is 0 Å². The van der Waals surface area contributed by atoms with Crippen molar-refractivity contribution in [2.24, 2.45) is 0 Å².